The Kier molecular flexibility index (Phi) is 6.75. The summed E-state index contributed by atoms with van der Waals surface area (Å²) >= 11 is 1.28. The van der Waals surface area contributed by atoms with E-state index in [1.54, 1.807) is 23.0 Å². The number of carbonyl (C=O) groups is 1. The first-order valence-corrected chi connectivity index (χ1v) is 11.5. The zero-order valence-corrected chi connectivity index (χ0v) is 18.9. The summed E-state index contributed by atoms with van der Waals surface area (Å²) in [6, 6.07) is 20.9. The molecular formula is C25H25N3O3S. The maximum absolute atomic E-state index is 13.2. The van der Waals surface area contributed by atoms with E-state index >= 15 is 0 Å². The number of rotatable bonds is 8. The van der Waals surface area contributed by atoms with Gasteiger partial charge in [-0.15, -0.1) is 0 Å². The minimum atomic E-state index is -0.146. The Labute approximate surface area is 190 Å². The molecule has 4 rings (SSSR count). The fourth-order valence-corrected chi connectivity index (χ4v) is 4.39. The molecule has 0 atom stereocenters. The zero-order chi connectivity index (χ0) is 22.5. The summed E-state index contributed by atoms with van der Waals surface area (Å²) in [4.78, 5) is 32.8. The first-order valence-electron chi connectivity index (χ1n) is 10.5. The second-order valence-corrected chi connectivity index (χ2v) is 8.71. The van der Waals surface area contributed by atoms with Gasteiger partial charge in [-0.25, -0.2) is 4.98 Å². The van der Waals surface area contributed by atoms with Crippen molar-refractivity contribution in [2.45, 2.75) is 38.1 Å². The Morgan fingerprint density at radius 2 is 1.81 bits per heavy atom. The van der Waals surface area contributed by atoms with Crippen LogP contribution in [-0.4, -0.2) is 32.2 Å². The van der Waals surface area contributed by atoms with Crippen LogP contribution in [0.3, 0.4) is 0 Å². The highest BCUT2D eigenvalue weighted by Gasteiger charge is 2.20. The lowest BCUT2D eigenvalue weighted by atomic mass is 10.2. The van der Waals surface area contributed by atoms with Gasteiger partial charge >= 0.3 is 0 Å². The number of fused-ring (bicyclic) bond motifs is 1. The summed E-state index contributed by atoms with van der Waals surface area (Å²) in [7, 11) is 0. The fourth-order valence-electron chi connectivity index (χ4n) is 3.50. The third-order valence-electron chi connectivity index (χ3n) is 5.18. The van der Waals surface area contributed by atoms with Crippen LogP contribution in [-0.2, 0) is 17.9 Å². The number of hydrogen-bond donors (Lipinski definition) is 0. The average Bonchev–Trinajstić information content (AvgIpc) is 3.32. The van der Waals surface area contributed by atoms with Gasteiger partial charge in [-0.3, -0.25) is 14.2 Å². The number of amides is 1. The molecule has 1 amide bonds. The second kappa shape index (κ2) is 9.87. The molecule has 2 heterocycles. The predicted octanol–water partition coefficient (Wildman–Crippen LogP) is 4.57. The van der Waals surface area contributed by atoms with Crippen molar-refractivity contribution in [2.24, 2.45) is 0 Å². The Morgan fingerprint density at radius 1 is 1.06 bits per heavy atom. The van der Waals surface area contributed by atoms with Gasteiger partial charge in [0.05, 0.1) is 29.5 Å². The van der Waals surface area contributed by atoms with Crippen molar-refractivity contribution >= 4 is 28.6 Å². The van der Waals surface area contributed by atoms with Gasteiger partial charge in [-0.2, -0.15) is 0 Å². The fraction of sp³-hybridized carbons (Fsp3) is 0.240. The number of para-hydroxylation sites is 1. The Bertz CT molecular complexity index is 1250. The molecule has 0 fully saturated rings. The average molecular weight is 448 g/mol. The molecule has 0 aliphatic carbocycles. The van der Waals surface area contributed by atoms with E-state index in [-0.39, 0.29) is 29.8 Å². The van der Waals surface area contributed by atoms with Crippen LogP contribution in [0.2, 0.25) is 0 Å². The Morgan fingerprint density at radius 3 is 2.53 bits per heavy atom. The third-order valence-corrected chi connectivity index (χ3v) is 6.15. The van der Waals surface area contributed by atoms with E-state index in [9.17, 15) is 9.59 Å². The number of thioether (sulfide) groups is 1. The molecule has 0 aliphatic rings. The molecule has 0 saturated heterocycles. The van der Waals surface area contributed by atoms with Crippen molar-refractivity contribution in [1.29, 1.82) is 0 Å². The van der Waals surface area contributed by atoms with Crippen molar-refractivity contribution in [2.75, 3.05) is 5.75 Å². The minimum absolute atomic E-state index is 0.000749. The lowest BCUT2D eigenvalue weighted by molar-refractivity contribution is -0.130. The molecule has 2 aromatic heterocycles. The number of benzene rings is 2. The number of nitrogens with zero attached hydrogens (tertiary/aromatic N) is 3. The largest absolute Gasteiger partial charge is 0.467 e. The van der Waals surface area contributed by atoms with Crippen molar-refractivity contribution in [1.82, 2.24) is 14.5 Å². The molecule has 164 valence electrons. The van der Waals surface area contributed by atoms with E-state index in [0.29, 0.717) is 28.4 Å². The van der Waals surface area contributed by atoms with Crippen LogP contribution in [0.4, 0.5) is 0 Å². The van der Waals surface area contributed by atoms with E-state index in [1.165, 1.54) is 11.8 Å². The number of furan rings is 1. The van der Waals surface area contributed by atoms with Crippen molar-refractivity contribution in [3.05, 3.63) is 94.7 Å². The number of carbonyl (C=O) groups excluding carboxylic acids is 1. The van der Waals surface area contributed by atoms with E-state index in [0.717, 1.165) is 5.56 Å². The summed E-state index contributed by atoms with van der Waals surface area (Å²) in [5.41, 5.74) is 1.55. The molecule has 0 spiro atoms. The predicted molar refractivity (Wildman–Crippen MR) is 127 cm³/mol. The third kappa shape index (κ3) is 4.94. The van der Waals surface area contributed by atoms with Crippen LogP contribution in [0.1, 0.15) is 25.2 Å². The molecule has 0 N–H and O–H groups in total. The van der Waals surface area contributed by atoms with Gasteiger partial charge in [-0.1, -0.05) is 54.2 Å². The molecule has 2 aromatic carbocycles. The van der Waals surface area contributed by atoms with Crippen molar-refractivity contribution in [3.63, 3.8) is 0 Å². The SMILES string of the molecule is CC(C)N(Cc1ccccc1)C(=O)CSc1nc2ccccc2c(=O)n1Cc1ccco1. The molecule has 6 nitrogen and oxygen atoms in total. The van der Waals surface area contributed by atoms with Gasteiger partial charge < -0.3 is 9.32 Å². The molecule has 0 radical (unpaired) electrons. The summed E-state index contributed by atoms with van der Waals surface area (Å²) in [5, 5.41) is 1.05. The van der Waals surface area contributed by atoms with Crippen LogP contribution < -0.4 is 5.56 Å². The molecule has 32 heavy (non-hydrogen) atoms. The second-order valence-electron chi connectivity index (χ2n) is 7.77. The highest BCUT2D eigenvalue weighted by Crippen LogP contribution is 2.21. The highest BCUT2D eigenvalue weighted by atomic mass is 32.2. The van der Waals surface area contributed by atoms with Gasteiger partial charge in [0, 0.05) is 12.6 Å². The lowest BCUT2D eigenvalue weighted by Gasteiger charge is -2.27. The maximum atomic E-state index is 13.2. The summed E-state index contributed by atoms with van der Waals surface area (Å²) in [6.45, 7) is 4.82. The number of hydrogen-bond acceptors (Lipinski definition) is 5. The van der Waals surface area contributed by atoms with E-state index in [2.05, 4.69) is 0 Å². The van der Waals surface area contributed by atoms with E-state index < -0.39 is 0 Å². The lowest BCUT2D eigenvalue weighted by Crippen LogP contribution is -2.37. The Hall–Kier alpha value is -3.32. The molecule has 0 saturated carbocycles. The topological polar surface area (TPSA) is 68.3 Å². The Balaban J connectivity index is 1.59. The van der Waals surface area contributed by atoms with Crippen LogP contribution >= 0.6 is 11.8 Å². The first kappa shape index (κ1) is 21.9. The summed E-state index contributed by atoms with van der Waals surface area (Å²) < 4.78 is 7.03. The molecule has 4 aromatic rings. The molecule has 7 heteroatoms. The quantitative estimate of drug-likeness (QED) is 0.292. The van der Waals surface area contributed by atoms with Crippen molar-refractivity contribution < 1.29 is 9.21 Å². The smallest absolute Gasteiger partial charge is 0.262 e. The zero-order valence-electron chi connectivity index (χ0n) is 18.1. The van der Waals surface area contributed by atoms with E-state index in [4.69, 9.17) is 9.40 Å². The molecular weight excluding hydrogens is 422 g/mol. The van der Waals surface area contributed by atoms with Gasteiger partial charge in [0.1, 0.15) is 5.76 Å². The first-order chi connectivity index (χ1) is 15.5. The van der Waals surface area contributed by atoms with Gasteiger partial charge in [-0.05, 0) is 43.7 Å². The minimum Gasteiger partial charge on any atom is -0.467 e. The van der Waals surface area contributed by atoms with Crippen LogP contribution in [0.25, 0.3) is 10.9 Å². The van der Waals surface area contributed by atoms with Crippen LogP contribution in [0, 0.1) is 0 Å². The summed E-state index contributed by atoms with van der Waals surface area (Å²) in [6.07, 6.45) is 1.58. The summed E-state index contributed by atoms with van der Waals surface area (Å²) in [5.74, 6) is 0.847. The molecule has 0 aliphatic heterocycles. The van der Waals surface area contributed by atoms with Crippen LogP contribution in [0.15, 0.2) is 87.4 Å². The van der Waals surface area contributed by atoms with Crippen molar-refractivity contribution in [3.8, 4) is 0 Å². The van der Waals surface area contributed by atoms with Gasteiger partial charge in [0.2, 0.25) is 5.91 Å². The highest BCUT2D eigenvalue weighted by molar-refractivity contribution is 7.99. The normalized spacial score (nSPS) is 11.2. The van der Waals surface area contributed by atoms with Gasteiger partial charge in [0.25, 0.3) is 5.56 Å². The van der Waals surface area contributed by atoms with Gasteiger partial charge in [0.15, 0.2) is 5.16 Å². The monoisotopic (exact) mass is 447 g/mol. The number of aromatic nitrogens is 2. The van der Waals surface area contributed by atoms with Crippen LogP contribution in [0.5, 0.6) is 0 Å². The standard InChI is InChI=1S/C25H25N3O3S/c1-18(2)27(15-19-9-4-3-5-10-19)23(29)17-32-25-26-22-13-7-6-12-21(22)24(30)28(25)16-20-11-8-14-31-20/h3-14,18H,15-17H2,1-2H3. The molecule has 0 bridgehead atoms. The van der Waals surface area contributed by atoms with E-state index in [1.807, 2.05) is 73.3 Å². The maximum Gasteiger partial charge on any atom is 0.262 e. The molecule has 0 unspecified atom stereocenters.